The Balaban J connectivity index is 1.42. The molecule has 0 aliphatic carbocycles. The molecule has 2 amide bonds. The molecular formula is C22H23F2N3O6. The van der Waals surface area contributed by atoms with Crippen LogP contribution in [-0.2, 0) is 9.53 Å². The third-order valence-corrected chi connectivity index (χ3v) is 5.48. The minimum Gasteiger partial charge on any atom is -0.471 e. The van der Waals surface area contributed by atoms with Gasteiger partial charge in [-0.25, -0.2) is 13.6 Å². The van der Waals surface area contributed by atoms with Crippen LogP contribution in [0.3, 0.4) is 0 Å². The molecule has 1 atom stereocenters. The monoisotopic (exact) mass is 463 g/mol. The van der Waals surface area contributed by atoms with Crippen molar-refractivity contribution >= 4 is 23.3 Å². The molecule has 2 aliphatic heterocycles. The molecule has 33 heavy (non-hydrogen) atoms. The van der Waals surface area contributed by atoms with Gasteiger partial charge in [0.15, 0.2) is 6.10 Å². The predicted molar refractivity (Wildman–Crippen MR) is 111 cm³/mol. The fourth-order valence-corrected chi connectivity index (χ4v) is 3.81. The van der Waals surface area contributed by atoms with Gasteiger partial charge in [-0.15, -0.1) is 0 Å². The highest BCUT2D eigenvalue weighted by molar-refractivity contribution is 5.90. The Morgan fingerprint density at radius 1 is 1.30 bits per heavy atom. The normalized spacial score (nSPS) is 18.3. The standard InChI is InChI=1S/C22H23F2N3O6/c23-17-10-15(27-12-16(33-22(27)30)13-31-19-5-9-32-25-19)11-18(24)21(17)14-3-6-26(7-4-14)20(29)2-1-8-28/h3,5,9-11,16,28H,1-2,4,6-8,12-13H2/t16-/m1/s1. The Bertz CT molecular complexity index is 1020. The van der Waals surface area contributed by atoms with Crippen LogP contribution in [0.4, 0.5) is 19.3 Å². The van der Waals surface area contributed by atoms with Crippen molar-refractivity contribution in [1.82, 2.24) is 10.1 Å². The van der Waals surface area contributed by atoms with Crippen molar-refractivity contribution in [1.29, 1.82) is 0 Å². The van der Waals surface area contributed by atoms with Crippen molar-refractivity contribution in [2.45, 2.75) is 25.4 Å². The van der Waals surface area contributed by atoms with Gasteiger partial charge in [0.05, 0.1) is 12.2 Å². The van der Waals surface area contributed by atoms with E-state index in [-0.39, 0.29) is 55.8 Å². The summed E-state index contributed by atoms with van der Waals surface area (Å²) in [7, 11) is 0. The third kappa shape index (κ3) is 5.14. The zero-order valence-electron chi connectivity index (χ0n) is 17.7. The molecule has 0 spiro atoms. The first-order chi connectivity index (χ1) is 16.0. The molecule has 0 bridgehead atoms. The zero-order chi connectivity index (χ0) is 23.4. The van der Waals surface area contributed by atoms with Crippen LogP contribution >= 0.6 is 0 Å². The summed E-state index contributed by atoms with van der Waals surface area (Å²) in [6.07, 6.45) is 2.49. The maximum absolute atomic E-state index is 14.9. The van der Waals surface area contributed by atoms with Gasteiger partial charge in [0.1, 0.15) is 24.5 Å². The Hall–Kier alpha value is -3.47. The molecule has 4 rings (SSSR count). The topological polar surface area (TPSA) is 105 Å². The smallest absolute Gasteiger partial charge is 0.414 e. The first-order valence-corrected chi connectivity index (χ1v) is 10.5. The largest absolute Gasteiger partial charge is 0.471 e. The van der Waals surface area contributed by atoms with Crippen molar-refractivity contribution in [3.63, 3.8) is 0 Å². The SMILES string of the molecule is O=C(CCCO)N1CC=C(c2c(F)cc(N3C[C@H](COc4ccon4)OC3=O)cc2F)CC1. The Morgan fingerprint density at radius 2 is 2.09 bits per heavy atom. The van der Waals surface area contributed by atoms with E-state index < -0.39 is 23.8 Å². The van der Waals surface area contributed by atoms with Crippen LogP contribution in [0.2, 0.25) is 0 Å². The number of halogens is 2. The average molecular weight is 463 g/mol. The summed E-state index contributed by atoms with van der Waals surface area (Å²) >= 11 is 0. The second-order valence-electron chi connectivity index (χ2n) is 7.70. The summed E-state index contributed by atoms with van der Waals surface area (Å²) in [6.45, 7) is 0.582. The fraction of sp³-hybridized carbons (Fsp3) is 0.409. The third-order valence-electron chi connectivity index (χ3n) is 5.48. The number of carbonyl (C=O) groups excluding carboxylic acids is 2. The first-order valence-electron chi connectivity index (χ1n) is 10.5. The zero-order valence-corrected chi connectivity index (χ0v) is 17.7. The lowest BCUT2D eigenvalue weighted by molar-refractivity contribution is -0.131. The molecule has 2 aliphatic rings. The summed E-state index contributed by atoms with van der Waals surface area (Å²) in [5, 5.41) is 12.4. The number of aliphatic hydroxyl groups excluding tert-OH is 1. The van der Waals surface area contributed by atoms with Crippen molar-refractivity contribution in [3.05, 3.63) is 47.7 Å². The van der Waals surface area contributed by atoms with E-state index in [1.54, 1.807) is 11.0 Å². The van der Waals surface area contributed by atoms with Crippen LogP contribution in [-0.4, -0.2) is 66.1 Å². The van der Waals surface area contributed by atoms with Crippen molar-refractivity contribution in [3.8, 4) is 5.88 Å². The summed E-state index contributed by atoms with van der Waals surface area (Å²) in [4.78, 5) is 27.0. The number of carbonyl (C=O) groups is 2. The molecule has 176 valence electrons. The van der Waals surface area contributed by atoms with E-state index >= 15 is 0 Å². The second-order valence-corrected chi connectivity index (χ2v) is 7.70. The Kier molecular flexibility index (Phi) is 6.87. The molecule has 1 aromatic carbocycles. The van der Waals surface area contributed by atoms with E-state index in [9.17, 15) is 18.4 Å². The number of hydrogen-bond donors (Lipinski definition) is 1. The van der Waals surface area contributed by atoms with Crippen molar-refractivity contribution in [2.75, 3.05) is 37.7 Å². The van der Waals surface area contributed by atoms with Gasteiger partial charge in [0, 0.05) is 37.7 Å². The maximum Gasteiger partial charge on any atom is 0.414 e. The lowest BCUT2D eigenvalue weighted by Crippen LogP contribution is -2.34. The second kappa shape index (κ2) is 9.99. The van der Waals surface area contributed by atoms with Gasteiger partial charge < -0.3 is 24.0 Å². The fourth-order valence-electron chi connectivity index (χ4n) is 3.81. The number of cyclic esters (lactones) is 1. The van der Waals surface area contributed by atoms with Gasteiger partial charge >= 0.3 is 6.09 Å². The molecule has 0 saturated carbocycles. The molecule has 1 fully saturated rings. The minimum absolute atomic E-state index is 0.0121. The Labute approximate surface area is 188 Å². The number of nitrogens with zero attached hydrogens (tertiary/aromatic N) is 3. The van der Waals surface area contributed by atoms with Gasteiger partial charge in [-0.2, -0.15) is 0 Å². The highest BCUT2D eigenvalue weighted by atomic mass is 19.1. The molecule has 0 unspecified atom stereocenters. The van der Waals surface area contributed by atoms with Gasteiger partial charge in [-0.05, 0) is 35.7 Å². The molecule has 1 aromatic heterocycles. The summed E-state index contributed by atoms with van der Waals surface area (Å²) in [6, 6.07) is 3.70. The van der Waals surface area contributed by atoms with Crippen molar-refractivity contribution in [2.24, 2.45) is 0 Å². The van der Waals surface area contributed by atoms with Gasteiger partial charge in [0.25, 0.3) is 5.88 Å². The molecule has 0 radical (unpaired) electrons. The number of rotatable bonds is 8. The van der Waals surface area contributed by atoms with Crippen LogP contribution < -0.4 is 9.64 Å². The van der Waals surface area contributed by atoms with Gasteiger partial charge in [-0.3, -0.25) is 9.69 Å². The predicted octanol–water partition coefficient (Wildman–Crippen LogP) is 2.75. The lowest BCUT2D eigenvalue weighted by atomic mass is 9.97. The van der Waals surface area contributed by atoms with Gasteiger partial charge in [-0.1, -0.05) is 6.08 Å². The number of aliphatic hydroxyl groups is 1. The van der Waals surface area contributed by atoms with E-state index in [0.717, 1.165) is 17.0 Å². The van der Waals surface area contributed by atoms with Crippen LogP contribution in [0, 0.1) is 11.6 Å². The van der Waals surface area contributed by atoms with E-state index in [1.807, 2.05) is 0 Å². The number of anilines is 1. The highest BCUT2D eigenvalue weighted by Gasteiger charge is 2.34. The number of amides is 2. The minimum atomic E-state index is -0.800. The quantitative estimate of drug-likeness (QED) is 0.642. The van der Waals surface area contributed by atoms with E-state index in [1.165, 1.54) is 12.3 Å². The van der Waals surface area contributed by atoms with Gasteiger partial charge in [0.2, 0.25) is 5.91 Å². The molecule has 1 saturated heterocycles. The Morgan fingerprint density at radius 3 is 2.73 bits per heavy atom. The highest BCUT2D eigenvalue weighted by Crippen LogP contribution is 2.32. The van der Waals surface area contributed by atoms with Crippen LogP contribution in [0.5, 0.6) is 5.88 Å². The number of aromatic nitrogens is 1. The van der Waals surface area contributed by atoms with E-state index in [4.69, 9.17) is 14.6 Å². The number of ether oxygens (including phenoxy) is 2. The average Bonchev–Trinajstić information content (AvgIpc) is 3.45. The van der Waals surface area contributed by atoms with Crippen molar-refractivity contribution < 1.29 is 37.5 Å². The summed E-state index contributed by atoms with van der Waals surface area (Å²) in [5.41, 5.74) is 0.338. The number of hydrogen-bond acceptors (Lipinski definition) is 7. The summed E-state index contributed by atoms with van der Waals surface area (Å²) in [5.74, 6) is -1.47. The molecule has 2 aromatic rings. The lowest BCUT2D eigenvalue weighted by Gasteiger charge is -2.27. The number of benzene rings is 1. The summed E-state index contributed by atoms with van der Waals surface area (Å²) < 4.78 is 45.0. The molecule has 9 nitrogen and oxygen atoms in total. The van der Waals surface area contributed by atoms with Crippen LogP contribution in [0.1, 0.15) is 24.8 Å². The first kappa shape index (κ1) is 22.7. The van der Waals surface area contributed by atoms with E-state index in [2.05, 4.69) is 9.68 Å². The van der Waals surface area contributed by atoms with E-state index in [0.29, 0.717) is 25.0 Å². The molecule has 11 heteroatoms. The molecular weight excluding hydrogens is 440 g/mol. The van der Waals surface area contributed by atoms with Crippen LogP contribution in [0.25, 0.3) is 5.57 Å². The van der Waals surface area contributed by atoms with Crippen LogP contribution in [0.15, 0.2) is 35.1 Å². The maximum atomic E-state index is 14.9. The molecule has 1 N–H and O–H groups in total. The molecule has 3 heterocycles.